The molecule has 1 atom stereocenters. The Hall–Kier alpha value is -1.40. The molecule has 1 aliphatic heterocycles. The molecule has 4 N–H and O–H groups in total. The summed E-state index contributed by atoms with van der Waals surface area (Å²) < 4.78 is 0. The highest BCUT2D eigenvalue weighted by atomic mass is 15.3. The van der Waals surface area contributed by atoms with Crippen LogP contribution >= 0.6 is 0 Å². The number of anilines is 2. The van der Waals surface area contributed by atoms with Crippen molar-refractivity contribution in [3.63, 3.8) is 0 Å². The summed E-state index contributed by atoms with van der Waals surface area (Å²) >= 11 is 0. The van der Waals surface area contributed by atoms with Gasteiger partial charge in [0.2, 0.25) is 0 Å². The van der Waals surface area contributed by atoms with Gasteiger partial charge >= 0.3 is 0 Å². The molecule has 0 amide bonds. The number of piperidine rings is 1. The zero-order valence-corrected chi connectivity index (χ0v) is 13.2. The van der Waals surface area contributed by atoms with E-state index in [1.165, 1.54) is 25.8 Å². The predicted molar refractivity (Wildman–Crippen MR) is 87.2 cm³/mol. The average molecular weight is 292 g/mol. The van der Waals surface area contributed by atoms with Crippen LogP contribution in [-0.2, 0) is 6.42 Å². The Morgan fingerprint density at radius 3 is 2.86 bits per heavy atom. The fraction of sp³-hybridized carbons (Fsp3) is 0.733. The fourth-order valence-corrected chi connectivity index (χ4v) is 2.81. The normalized spacial score (nSPS) is 19.5. The number of hydrogen-bond acceptors (Lipinski definition) is 6. The molecule has 0 aliphatic carbocycles. The molecule has 2 rings (SSSR count). The summed E-state index contributed by atoms with van der Waals surface area (Å²) in [7, 11) is 0. The number of nitrogens with one attached hydrogen (secondary N) is 2. The summed E-state index contributed by atoms with van der Waals surface area (Å²) in [6.07, 6.45) is 5.99. The third-order valence-electron chi connectivity index (χ3n) is 4.11. The van der Waals surface area contributed by atoms with E-state index in [4.69, 9.17) is 5.84 Å². The molecule has 118 valence electrons. The van der Waals surface area contributed by atoms with Gasteiger partial charge in [0, 0.05) is 31.6 Å². The second-order valence-electron chi connectivity index (χ2n) is 5.71. The maximum absolute atomic E-state index is 5.44. The van der Waals surface area contributed by atoms with Crippen molar-refractivity contribution in [2.24, 2.45) is 5.84 Å². The second kappa shape index (κ2) is 8.14. The number of likely N-dealkylation sites (tertiary alicyclic amines) is 1. The maximum Gasteiger partial charge on any atom is 0.145 e. The van der Waals surface area contributed by atoms with Crippen molar-refractivity contribution in [2.45, 2.75) is 52.0 Å². The van der Waals surface area contributed by atoms with E-state index in [0.717, 1.165) is 43.6 Å². The van der Waals surface area contributed by atoms with Crippen LogP contribution in [0.1, 0.15) is 45.4 Å². The number of nitrogen functional groups attached to an aromatic ring is 1. The van der Waals surface area contributed by atoms with E-state index >= 15 is 0 Å². The minimum Gasteiger partial charge on any atom is -0.370 e. The second-order valence-corrected chi connectivity index (χ2v) is 5.71. The summed E-state index contributed by atoms with van der Waals surface area (Å²) in [5, 5.41) is 3.38. The Labute approximate surface area is 127 Å². The van der Waals surface area contributed by atoms with Crippen LogP contribution in [-0.4, -0.2) is 40.5 Å². The minimum atomic E-state index is 0.661. The van der Waals surface area contributed by atoms with E-state index in [2.05, 4.69) is 32.5 Å². The van der Waals surface area contributed by atoms with Crippen LogP contribution in [0.3, 0.4) is 0 Å². The molecule has 1 aromatic heterocycles. The van der Waals surface area contributed by atoms with Gasteiger partial charge in [0.05, 0.1) is 0 Å². The largest absolute Gasteiger partial charge is 0.370 e. The number of hydrazine groups is 1. The fourth-order valence-electron chi connectivity index (χ4n) is 2.81. The van der Waals surface area contributed by atoms with Crippen molar-refractivity contribution in [3.8, 4) is 0 Å². The Balaban J connectivity index is 1.77. The van der Waals surface area contributed by atoms with E-state index in [-0.39, 0.29) is 0 Å². The molecular weight excluding hydrogens is 264 g/mol. The van der Waals surface area contributed by atoms with Crippen LogP contribution in [0.5, 0.6) is 0 Å². The summed E-state index contributed by atoms with van der Waals surface area (Å²) in [6.45, 7) is 7.70. The third-order valence-corrected chi connectivity index (χ3v) is 4.11. The molecular formula is C15H28N6. The SMILES string of the molecule is CCc1nc(NN)cc(NCCCN2CCCCC2C)n1. The van der Waals surface area contributed by atoms with Crippen LogP contribution in [0, 0.1) is 0 Å². The molecule has 2 heterocycles. The first kappa shape index (κ1) is 16.0. The first-order valence-electron chi connectivity index (χ1n) is 8.05. The lowest BCUT2D eigenvalue weighted by Crippen LogP contribution is -2.38. The van der Waals surface area contributed by atoms with Crippen LogP contribution in [0.25, 0.3) is 0 Å². The zero-order chi connectivity index (χ0) is 15.1. The van der Waals surface area contributed by atoms with Crippen molar-refractivity contribution < 1.29 is 0 Å². The molecule has 0 spiro atoms. The first-order valence-corrected chi connectivity index (χ1v) is 8.05. The first-order chi connectivity index (χ1) is 10.2. The van der Waals surface area contributed by atoms with Gasteiger partial charge in [0.1, 0.15) is 17.5 Å². The Bertz CT molecular complexity index is 414. The van der Waals surface area contributed by atoms with Crippen LogP contribution < -0.4 is 16.6 Å². The van der Waals surface area contributed by atoms with Crippen LogP contribution in [0.4, 0.5) is 11.6 Å². The highest BCUT2D eigenvalue weighted by Gasteiger charge is 2.17. The molecule has 0 saturated carbocycles. The highest BCUT2D eigenvalue weighted by Crippen LogP contribution is 2.16. The van der Waals surface area contributed by atoms with Gasteiger partial charge in [-0.15, -0.1) is 0 Å². The molecule has 0 bridgehead atoms. The van der Waals surface area contributed by atoms with Gasteiger partial charge < -0.3 is 15.6 Å². The van der Waals surface area contributed by atoms with Gasteiger partial charge in [0.15, 0.2) is 0 Å². The molecule has 1 fully saturated rings. The quantitative estimate of drug-likeness (QED) is 0.405. The summed E-state index contributed by atoms with van der Waals surface area (Å²) in [6, 6.07) is 2.58. The maximum atomic E-state index is 5.44. The van der Waals surface area contributed by atoms with E-state index in [1.807, 2.05) is 13.0 Å². The van der Waals surface area contributed by atoms with Gasteiger partial charge in [-0.2, -0.15) is 0 Å². The third kappa shape index (κ3) is 4.82. The van der Waals surface area contributed by atoms with Crippen LogP contribution in [0.15, 0.2) is 6.07 Å². The molecule has 1 unspecified atom stereocenters. The van der Waals surface area contributed by atoms with Gasteiger partial charge in [-0.3, -0.25) is 0 Å². The van der Waals surface area contributed by atoms with Gasteiger partial charge in [-0.25, -0.2) is 15.8 Å². The number of rotatable bonds is 7. The van der Waals surface area contributed by atoms with Crippen molar-refractivity contribution in [1.82, 2.24) is 14.9 Å². The van der Waals surface area contributed by atoms with Gasteiger partial charge in [0.25, 0.3) is 0 Å². The number of nitrogens with zero attached hydrogens (tertiary/aromatic N) is 3. The van der Waals surface area contributed by atoms with E-state index in [9.17, 15) is 0 Å². The molecule has 1 aliphatic rings. The van der Waals surface area contributed by atoms with Crippen molar-refractivity contribution in [2.75, 3.05) is 30.4 Å². The molecule has 0 radical (unpaired) electrons. The summed E-state index contributed by atoms with van der Waals surface area (Å²) in [5.74, 6) is 7.75. The standard InChI is InChI=1S/C15H28N6/c1-3-13-18-14(11-15(19-13)20-16)17-8-6-10-21-9-5-4-7-12(21)2/h11-12H,3-10,16H2,1-2H3,(H2,17,18,19,20). The van der Waals surface area contributed by atoms with Crippen molar-refractivity contribution >= 4 is 11.6 Å². The molecule has 1 saturated heterocycles. The van der Waals surface area contributed by atoms with Crippen molar-refractivity contribution in [3.05, 3.63) is 11.9 Å². The topological polar surface area (TPSA) is 79.1 Å². The summed E-state index contributed by atoms with van der Waals surface area (Å²) in [4.78, 5) is 11.3. The summed E-state index contributed by atoms with van der Waals surface area (Å²) in [5.41, 5.74) is 2.59. The van der Waals surface area contributed by atoms with Gasteiger partial charge in [-0.05, 0) is 32.7 Å². The van der Waals surface area contributed by atoms with E-state index in [0.29, 0.717) is 5.82 Å². The molecule has 6 heteroatoms. The molecule has 21 heavy (non-hydrogen) atoms. The predicted octanol–water partition coefficient (Wildman–Crippen LogP) is 2.00. The zero-order valence-electron chi connectivity index (χ0n) is 13.2. The number of aromatic nitrogens is 2. The lowest BCUT2D eigenvalue weighted by atomic mass is 10.0. The van der Waals surface area contributed by atoms with Crippen molar-refractivity contribution in [1.29, 1.82) is 0 Å². The monoisotopic (exact) mass is 292 g/mol. The molecule has 6 nitrogen and oxygen atoms in total. The number of aryl methyl sites for hydroxylation is 1. The number of hydrogen-bond donors (Lipinski definition) is 3. The Morgan fingerprint density at radius 2 is 2.14 bits per heavy atom. The lowest BCUT2D eigenvalue weighted by molar-refractivity contribution is 0.160. The Kier molecular flexibility index (Phi) is 6.20. The molecule has 0 aromatic carbocycles. The van der Waals surface area contributed by atoms with E-state index < -0.39 is 0 Å². The minimum absolute atomic E-state index is 0.661. The highest BCUT2D eigenvalue weighted by molar-refractivity contribution is 5.46. The smallest absolute Gasteiger partial charge is 0.145 e. The lowest BCUT2D eigenvalue weighted by Gasteiger charge is -2.33. The van der Waals surface area contributed by atoms with E-state index in [1.54, 1.807) is 0 Å². The van der Waals surface area contributed by atoms with Gasteiger partial charge in [-0.1, -0.05) is 13.3 Å². The van der Waals surface area contributed by atoms with Crippen LogP contribution in [0.2, 0.25) is 0 Å². The Morgan fingerprint density at radius 1 is 1.33 bits per heavy atom. The average Bonchev–Trinajstić information content (AvgIpc) is 2.52. The molecule has 1 aromatic rings. The number of nitrogens with two attached hydrogens (primary N) is 1.